The van der Waals surface area contributed by atoms with Crippen LogP contribution in [0.15, 0.2) is 30.4 Å². The third kappa shape index (κ3) is 5.89. The van der Waals surface area contributed by atoms with E-state index in [0.717, 1.165) is 5.56 Å². The number of nitriles is 1. The molecule has 0 bridgehead atoms. The van der Waals surface area contributed by atoms with E-state index in [4.69, 9.17) is 14.7 Å². The number of nitrogens with one attached hydrogen (secondary N) is 1. The van der Waals surface area contributed by atoms with E-state index in [9.17, 15) is 18.4 Å². The SMILES string of the molecule is C=C(C#N)C(=O)c1cc2cc(OCC(F)F)c(C3CCN(C(=O)OC(C)(C)C)CC3)cc2[nH]1. The highest BCUT2D eigenvalue weighted by molar-refractivity contribution is 6.11. The highest BCUT2D eigenvalue weighted by Gasteiger charge is 2.29. The summed E-state index contributed by atoms with van der Waals surface area (Å²) in [5, 5.41) is 9.53. The number of allylic oxidation sites excluding steroid dienone is 1. The van der Waals surface area contributed by atoms with Gasteiger partial charge in [0.25, 0.3) is 6.43 Å². The number of hydrogen-bond donors (Lipinski definition) is 1. The van der Waals surface area contributed by atoms with E-state index in [2.05, 4.69) is 11.6 Å². The van der Waals surface area contributed by atoms with Crippen LogP contribution in [0.5, 0.6) is 5.75 Å². The fourth-order valence-corrected chi connectivity index (χ4v) is 3.81. The number of H-pyrrole nitrogens is 1. The van der Waals surface area contributed by atoms with Gasteiger partial charge in [-0.25, -0.2) is 13.6 Å². The van der Waals surface area contributed by atoms with Crippen molar-refractivity contribution < 1.29 is 27.8 Å². The molecule has 3 rings (SSSR count). The molecule has 0 radical (unpaired) electrons. The van der Waals surface area contributed by atoms with Gasteiger partial charge in [0.1, 0.15) is 24.0 Å². The number of nitrogens with zero attached hydrogens (tertiary/aromatic N) is 2. The van der Waals surface area contributed by atoms with Gasteiger partial charge >= 0.3 is 6.09 Å². The number of carbonyl (C=O) groups excluding carboxylic acids is 2. The maximum Gasteiger partial charge on any atom is 0.410 e. The van der Waals surface area contributed by atoms with Gasteiger partial charge in [0.05, 0.1) is 11.3 Å². The molecule has 2 aromatic rings. The molecule has 1 aliphatic heterocycles. The molecule has 176 valence electrons. The second kappa shape index (κ2) is 9.61. The molecule has 0 atom stereocenters. The first-order chi connectivity index (χ1) is 15.5. The molecule has 7 nitrogen and oxygen atoms in total. The lowest BCUT2D eigenvalue weighted by Crippen LogP contribution is -2.41. The van der Waals surface area contributed by atoms with E-state index >= 15 is 0 Å². The van der Waals surface area contributed by atoms with Crippen molar-refractivity contribution in [2.24, 2.45) is 0 Å². The van der Waals surface area contributed by atoms with Gasteiger partial charge in [-0.2, -0.15) is 5.26 Å². The smallest absolute Gasteiger partial charge is 0.410 e. The van der Waals surface area contributed by atoms with Crippen LogP contribution in [0.25, 0.3) is 10.9 Å². The van der Waals surface area contributed by atoms with Crippen LogP contribution in [0.1, 0.15) is 55.6 Å². The topological polar surface area (TPSA) is 95.4 Å². The zero-order chi connectivity index (χ0) is 24.3. The molecule has 1 aromatic heterocycles. The highest BCUT2D eigenvalue weighted by atomic mass is 19.3. The predicted molar refractivity (Wildman–Crippen MR) is 119 cm³/mol. The Morgan fingerprint density at radius 2 is 1.94 bits per heavy atom. The van der Waals surface area contributed by atoms with Crippen molar-refractivity contribution in [3.05, 3.63) is 41.6 Å². The van der Waals surface area contributed by atoms with Gasteiger partial charge in [0.2, 0.25) is 5.78 Å². The van der Waals surface area contributed by atoms with E-state index in [1.54, 1.807) is 49.9 Å². The van der Waals surface area contributed by atoms with Gasteiger partial charge in [0.15, 0.2) is 0 Å². The standard InChI is InChI=1S/C24H27F2N3O4/c1-14(12-27)22(30)19-9-16-10-20(32-13-21(25)26)17(11-18(16)28-19)15-5-7-29(8-6-15)23(31)33-24(2,3)4/h9-11,15,21,28H,1,5-8,13H2,2-4H3. The molecular weight excluding hydrogens is 432 g/mol. The van der Waals surface area contributed by atoms with E-state index in [1.807, 2.05) is 0 Å². The lowest BCUT2D eigenvalue weighted by Gasteiger charge is -2.34. The average molecular weight is 459 g/mol. The van der Waals surface area contributed by atoms with Crippen LogP contribution in [0.2, 0.25) is 0 Å². The van der Waals surface area contributed by atoms with E-state index < -0.39 is 24.4 Å². The molecule has 1 aliphatic rings. The Bertz CT molecular complexity index is 1100. The fraction of sp³-hybridized carbons (Fsp3) is 0.458. The molecule has 1 fully saturated rings. The molecule has 9 heteroatoms. The molecular formula is C24H27F2N3O4. The first-order valence-corrected chi connectivity index (χ1v) is 10.7. The number of hydrogen-bond acceptors (Lipinski definition) is 5. The van der Waals surface area contributed by atoms with Gasteiger partial charge < -0.3 is 19.4 Å². The lowest BCUT2D eigenvalue weighted by molar-refractivity contribution is 0.0203. The Hall–Kier alpha value is -3.41. The third-order valence-corrected chi connectivity index (χ3v) is 5.36. The van der Waals surface area contributed by atoms with Crippen LogP contribution >= 0.6 is 0 Å². The quantitative estimate of drug-likeness (QED) is 0.364. The van der Waals surface area contributed by atoms with Crippen molar-refractivity contribution in [3.63, 3.8) is 0 Å². The normalized spacial score (nSPS) is 14.9. The molecule has 0 spiro atoms. The van der Waals surface area contributed by atoms with Crippen molar-refractivity contribution in [1.29, 1.82) is 5.26 Å². The summed E-state index contributed by atoms with van der Waals surface area (Å²) in [6.45, 7) is 9.03. The summed E-state index contributed by atoms with van der Waals surface area (Å²) in [6.07, 6.45) is -1.80. The third-order valence-electron chi connectivity index (χ3n) is 5.36. The number of piperidine rings is 1. The number of aromatic amines is 1. The van der Waals surface area contributed by atoms with Gasteiger partial charge in [-0.05, 0) is 63.3 Å². The monoisotopic (exact) mass is 459 g/mol. The van der Waals surface area contributed by atoms with Gasteiger partial charge in [-0.1, -0.05) is 6.58 Å². The van der Waals surface area contributed by atoms with Crippen molar-refractivity contribution in [1.82, 2.24) is 9.88 Å². The Kier molecular flexibility index (Phi) is 7.06. The van der Waals surface area contributed by atoms with Crippen LogP contribution in [-0.4, -0.2) is 53.5 Å². The zero-order valence-corrected chi connectivity index (χ0v) is 18.9. The number of fused-ring (bicyclic) bond motifs is 1. The number of Topliss-reactive ketones (excluding diaryl/α,β-unsaturated/α-hetero) is 1. The summed E-state index contributed by atoms with van der Waals surface area (Å²) in [4.78, 5) is 29.3. The molecule has 2 heterocycles. The van der Waals surface area contributed by atoms with Crippen LogP contribution in [-0.2, 0) is 4.74 Å². The summed E-state index contributed by atoms with van der Waals surface area (Å²) in [5.41, 5.74) is 0.748. The first kappa shape index (κ1) is 24.2. The highest BCUT2D eigenvalue weighted by Crippen LogP contribution is 2.38. The molecule has 0 aliphatic carbocycles. The van der Waals surface area contributed by atoms with Crippen LogP contribution in [0.3, 0.4) is 0 Å². The van der Waals surface area contributed by atoms with Gasteiger partial charge in [-0.15, -0.1) is 0 Å². The largest absolute Gasteiger partial charge is 0.487 e. The Morgan fingerprint density at radius 1 is 1.27 bits per heavy atom. The summed E-state index contributed by atoms with van der Waals surface area (Å²) in [5.74, 6) is -0.246. The van der Waals surface area contributed by atoms with Crippen molar-refractivity contribution in [2.45, 2.75) is 51.6 Å². The average Bonchev–Trinajstić information content (AvgIpc) is 3.17. The number of benzene rings is 1. The molecule has 33 heavy (non-hydrogen) atoms. The first-order valence-electron chi connectivity index (χ1n) is 10.7. The van der Waals surface area contributed by atoms with Crippen LogP contribution in [0, 0.1) is 11.3 Å². The molecule has 0 saturated carbocycles. The number of rotatable bonds is 6. The molecule has 1 N–H and O–H groups in total. The van der Waals surface area contributed by atoms with Gasteiger partial charge in [0, 0.05) is 24.0 Å². The number of likely N-dealkylation sites (tertiary alicyclic amines) is 1. The maximum atomic E-state index is 12.8. The van der Waals surface area contributed by atoms with E-state index in [0.29, 0.717) is 42.6 Å². The summed E-state index contributed by atoms with van der Waals surface area (Å²) < 4.78 is 36.5. The van der Waals surface area contributed by atoms with Crippen molar-refractivity contribution in [3.8, 4) is 11.8 Å². The summed E-state index contributed by atoms with van der Waals surface area (Å²) >= 11 is 0. The second-order valence-corrected chi connectivity index (χ2v) is 9.02. The number of carbonyl (C=O) groups is 2. The molecule has 1 aromatic carbocycles. The minimum Gasteiger partial charge on any atom is -0.487 e. The molecule has 1 saturated heterocycles. The van der Waals surface area contributed by atoms with Crippen LogP contribution in [0.4, 0.5) is 13.6 Å². The lowest BCUT2D eigenvalue weighted by atomic mass is 9.88. The number of ketones is 1. The Balaban J connectivity index is 1.86. The Labute approximate surface area is 190 Å². The zero-order valence-electron chi connectivity index (χ0n) is 18.9. The number of halogens is 2. The van der Waals surface area contributed by atoms with Gasteiger partial charge in [-0.3, -0.25) is 4.79 Å². The maximum absolute atomic E-state index is 12.8. The van der Waals surface area contributed by atoms with Crippen LogP contribution < -0.4 is 4.74 Å². The van der Waals surface area contributed by atoms with Crippen molar-refractivity contribution >= 4 is 22.8 Å². The summed E-state index contributed by atoms with van der Waals surface area (Å²) in [6, 6.07) is 6.68. The number of amides is 1. The molecule has 0 unspecified atom stereocenters. The number of aromatic nitrogens is 1. The second-order valence-electron chi connectivity index (χ2n) is 9.02. The van der Waals surface area contributed by atoms with E-state index in [1.165, 1.54) is 0 Å². The minimum absolute atomic E-state index is 0.0303. The summed E-state index contributed by atoms with van der Waals surface area (Å²) in [7, 11) is 0. The number of ether oxygens (including phenoxy) is 2. The Morgan fingerprint density at radius 3 is 2.52 bits per heavy atom. The predicted octanol–water partition coefficient (Wildman–Crippen LogP) is 5.19. The van der Waals surface area contributed by atoms with E-state index in [-0.39, 0.29) is 23.3 Å². The minimum atomic E-state index is -2.63. The molecule has 1 amide bonds. The fourth-order valence-electron chi connectivity index (χ4n) is 3.81. The number of alkyl halides is 2. The van der Waals surface area contributed by atoms with Crippen molar-refractivity contribution in [2.75, 3.05) is 19.7 Å².